The summed E-state index contributed by atoms with van der Waals surface area (Å²) < 4.78 is 39.9. The molecule has 17 heavy (non-hydrogen) atoms. The van der Waals surface area contributed by atoms with Crippen LogP contribution in [0.5, 0.6) is 0 Å². The van der Waals surface area contributed by atoms with Crippen LogP contribution in [0, 0.1) is 0 Å². The minimum Gasteiger partial charge on any atom is -0.406 e. The predicted octanol–water partition coefficient (Wildman–Crippen LogP) is -2.31. The van der Waals surface area contributed by atoms with Crippen LogP contribution < -0.4 is 11.5 Å². The van der Waals surface area contributed by atoms with Gasteiger partial charge in [-0.3, -0.25) is 14.1 Å². The average Bonchev–Trinajstić information content (AvgIpc) is 2.21. The van der Waals surface area contributed by atoms with Crippen LogP contribution in [0.1, 0.15) is 12.8 Å². The zero-order chi connectivity index (χ0) is 13.3. The van der Waals surface area contributed by atoms with Gasteiger partial charge < -0.3 is 20.9 Å². The molecule has 0 aliphatic carbocycles. The lowest BCUT2D eigenvalue weighted by atomic mass is 10.1. The number of carbonyl (C=O) groups excluding carboxylic acids is 2. The molecule has 1 saturated heterocycles. The first-order valence-corrected chi connectivity index (χ1v) is 6.03. The minimum atomic E-state index is -5.03. The smallest absolute Gasteiger partial charge is 0.398 e. The normalized spacial score (nSPS) is 31.1. The van der Waals surface area contributed by atoms with Crippen LogP contribution in [-0.2, 0) is 29.2 Å². The Labute approximate surface area is 96.8 Å². The highest BCUT2D eigenvalue weighted by Gasteiger charge is 2.52. The van der Waals surface area contributed by atoms with E-state index in [1.165, 1.54) is 0 Å². The molecule has 1 fully saturated rings. The highest BCUT2D eigenvalue weighted by molar-refractivity contribution is 7.87. The molecule has 2 atom stereocenters. The van der Waals surface area contributed by atoms with Gasteiger partial charge in [-0.05, 0) is 6.42 Å². The molecule has 1 unspecified atom stereocenters. The second kappa shape index (κ2) is 4.56. The number of carbonyl (C=O) groups is 2. The van der Waals surface area contributed by atoms with Crippen LogP contribution >= 0.6 is 0 Å². The van der Waals surface area contributed by atoms with E-state index in [-0.39, 0.29) is 12.8 Å². The van der Waals surface area contributed by atoms with Gasteiger partial charge in [0.2, 0.25) is 0 Å². The summed E-state index contributed by atoms with van der Waals surface area (Å²) in [7, 11) is -5.03. The molecule has 0 saturated carbocycles. The summed E-state index contributed by atoms with van der Waals surface area (Å²) in [4.78, 5) is 22.5. The van der Waals surface area contributed by atoms with Crippen molar-refractivity contribution >= 4 is 22.1 Å². The topological polar surface area (TPSA) is 159 Å². The fourth-order valence-corrected chi connectivity index (χ4v) is 1.76. The maximum absolute atomic E-state index is 11.3. The van der Waals surface area contributed by atoms with Crippen LogP contribution in [0.3, 0.4) is 0 Å². The van der Waals surface area contributed by atoms with Gasteiger partial charge in [0.05, 0.1) is 6.54 Å². The molecule has 5 N–H and O–H groups in total. The number of cyclic esters (lactones) is 2. The molecule has 1 aliphatic heterocycles. The summed E-state index contributed by atoms with van der Waals surface area (Å²) in [5, 5.41) is -2.92. The SMILES string of the molecule is NCC1(S(=O)(=O)O)OC(=O)CC[C@@H](N)C(=O)O1. The van der Waals surface area contributed by atoms with Crippen molar-refractivity contribution in [2.45, 2.75) is 24.0 Å². The maximum atomic E-state index is 11.3. The van der Waals surface area contributed by atoms with Crippen molar-refractivity contribution in [3.05, 3.63) is 0 Å². The summed E-state index contributed by atoms with van der Waals surface area (Å²) in [5.41, 5.74) is 10.4. The van der Waals surface area contributed by atoms with Crippen molar-refractivity contribution in [3.63, 3.8) is 0 Å². The first kappa shape index (κ1) is 13.8. The fraction of sp³-hybridized carbons (Fsp3) is 0.714. The lowest BCUT2D eigenvalue weighted by Crippen LogP contribution is -2.55. The quantitative estimate of drug-likeness (QED) is 0.369. The van der Waals surface area contributed by atoms with E-state index in [0.717, 1.165) is 0 Å². The Kier molecular flexibility index (Phi) is 3.71. The molecule has 0 amide bonds. The van der Waals surface area contributed by atoms with E-state index in [1.807, 2.05) is 0 Å². The van der Waals surface area contributed by atoms with E-state index in [0.29, 0.717) is 0 Å². The van der Waals surface area contributed by atoms with Gasteiger partial charge in [-0.25, -0.2) is 0 Å². The Hall–Kier alpha value is -1.23. The monoisotopic (exact) mass is 268 g/mol. The molecule has 1 aliphatic rings. The van der Waals surface area contributed by atoms with E-state index >= 15 is 0 Å². The van der Waals surface area contributed by atoms with Crippen LogP contribution in [0.15, 0.2) is 0 Å². The Morgan fingerprint density at radius 1 is 1.41 bits per heavy atom. The van der Waals surface area contributed by atoms with Gasteiger partial charge in [0.1, 0.15) is 6.04 Å². The number of hydrogen-bond acceptors (Lipinski definition) is 8. The van der Waals surface area contributed by atoms with Crippen molar-refractivity contribution in [1.82, 2.24) is 0 Å². The highest BCUT2D eigenvalue weighted by Crippen LogP contribution is 2.23. The predicted molar refractivity (Wildman–Crippen MR) is 52.7 cm³/mol. The van der Waals surface area contributed by atoms with Crippen molar-refractivity contribution in [3.8, 4) is 0 Å². The Balaban J connectivity index is 3.17. The molecule has 0 aromatic heterocycles. The molecule has 0 aromatic carbocycles. The first-order valence-electron chi connectivity index (χ1n) is 4.59. The standard InChI is InChI=1S/C7H12N2O7S/c8-3-7(17(12,13)14)15-5(10)2-1-4(9)6(11)16-7/h4H,1-3,8-9H2,(H,12,13,14)/t4-,7?/m1/s1. The molecule has 0 aromatic rings. The summed E-state index contributed by atoms with van der Waals surface area (Å²) in [6.07, 6.45) is -0.336. The summed E-state index contributed by atoms with van der Waals surface area (Å²) in [5.74, 6) is -2.11. The van der Waals surface area contributed by atoms with Gasteiger partial charge in [0.15, 0.2) is 0 Å². The number of rotatable bonds is 2. The van der Waals surface area contributed by atoms with Crippen molar-refractivity contribution in [2.75, 3.05) is 6.54 Å². The van der Waals surface area contributed by atoms with Gasteiger partial charge >= 0.3 is 27.2 Å². The van der Waals surface area contributed by atoms with E-state index in [1.54, 1.807) is 0 Å². The Morgan fingerprint density at radius 3 is 2.47 bits per heavy atom. The van der Waals surface area contributed by atoms with Gasteiger partial charge in [-0.15, -0.1) is 0 Å². The third-order valence-corrected chi connectivity index (χ3v) is 3.25. The fourth-order valence-electron chi connectivity index (χ4n) is 1.16. The third-order valence-electron chi connectivity index (χ3n) is 2.13. The second-order valence-electron chi connectivity index (χ2n) is 3.40. The molecule has 0 radical (unpaired) electrons. The lowest BCUT2D eigenvalue weighted by Gasteiger charge is -2.31. The summed E-state index contributed by atoms with van der Waals surface area (Å²) in [6.45, 7) is -0.934. The molecule has 98 valence electrons. The third kappa shape index (κ3) is 2.72. The van der Waals surface area contributed by atoms with E-state index < -0.39 is 39.8 Å². The first-order chi connectivity index (χ1) is 7.72. The van der Waals surface area contributed by atoms with Gasteiger partial charge in [-0.1, -0.05) is 0 Å². The number of esters is 2. The van der Waals surface area contributed by atoms with E-state index in [4.69, 9.17) is 16.0 Å². The molecular weight excluding hydrogens is 256 g/mol. The zero-order valence-electron chi connectivity index (χ0n) is 8.66. The lowest BCUT2D eigenvalue weighted by molar-refractivity contribution is -0.204. The Morgan fingerprint density at radius 2 is 2.00 bits per heavy atom. The molecule has 0 bridgehead atoms. The number of ether oxygens (including phenoxy) is 2. The number of nitrogens with two attached hydrogens (primary N) is 2. The second-order valence-corrected chi connectivity index (χ2v) is 4.97. The van der Waals surface area contributed by atoms with Gasteiger partial charge in [-0.2, -0.15) is 8.42 Å². The van der Waals surface area contributed by atoms with Crippen LogP contribution in [0.2, 0.25) is 0 Å². The molecule has 10 heteroatoms. The maximum Gasteiger partial charge on any atom is 0.398 e. The van der Waals surface area contributed by atoms with Crippen molar-refractivity contribution in [2.24, 2.45) is 11.5 Å². The molecule has 9 nitrogen and oxygen atoms in total. The summed E-state index contributed by atoms with van der Waals surface area (Å²) in [6, 6.07) is -1.18. The Bertz CT molecular complexity index is 434. The molecule has 1 heterocycles. The van der Waals surface area contributed by atoms with Crippen molar-refractivity contribution < 1.29 is 32.0 Å². The minimum absolute atomic E-state index is 0.0518. The van der Waals surface area contributed by atoms with Gasteiger partial charge in [0.25, 0.3) is 0 Å². The zero-order valence-corrected chi connectivity index (χ0v) is 9.47. The average molecular weight is 268 g/mol. The summed E-state index contributed by atoms with van der Waals surface area (Å²) >= 11 is 0. The van der Waals surface area contributed by atoms with Crippen molar-refractivity contribution in [1.29, 1.82) is 0 Å². The largest absolute Gasteiger partial charge is 0.406 e. The highest BCUT2D eigenvalue weighted by atomic mass is 32.2. The van der Waals surface area contributed by atoms with Crippen LogP contribution in [-0.4, -0.2) is 42.6 Å². The molecular formula is C7H12N2O7S. The molecule has 0 spiro atoms. The molecule has 1 rings (SSSR count). The van der Waals surface area contributed by atoms with Crippen LogP contribution in [0.4, 0.5) is 0 Å². The van der Waals surface area contributed by atoms with Crippen LogP contribution in [0.25, 0.3) is 0 Å². The van der Waals surface area contributed by atoms with E-state index in [9.17, 15) is 18.0 Å². The van der Waals surface area contributed by atoms with E-state index in [2.05, 4.69) is 9.47 Å². The van der Waals surface area contributed by atoms with Gasteiger partial charge in [0, 0.05) is 6.42 Å². The number of hydrogen-bond donors (Lipinski definition) is 3.